The molecule has 0 aliphatic rings. The molecular weight excluding hydrogens is 266 g/mol. The van der Waals surface area contributed by atoms with Gasteiger partial charge in [-0.25, -0.2) is 4.79 Å². The van der Waals surface area contributed by atoms with E-state index in [0.29, 0.717) is 10.6 Å². The van der Waals surface area contributed by atoms with Gasteiger partial charge in [-0.2, -0.15) is 0 Å². The maximum absolute atomic E-state index is 12.2. The molecule has 1 rings (SSSR count). The maximum atomic E-state index is 12.2. The van der Waals surface area contributed by atoms with Gasteiger partial charge in [0.15, 0.2) is 0 Å². The summed E-state index contributed by atoms with van der Waals surface area (Å²) in [6, 6.07) is 4.39. The number of methoxy groups -OCH3 is 1. The van der Waals surface area contributed by atoms with Gasteiger partial charge in [-0.05, 0) is 30.5 Å². The molecule has 1 aromatic carbocycles. The first-order valence-corrected chi connectivity index (χ1v) is 6.39. The van der Waals surface area contributed by atoms with Gasteiger partial charge in [0.25, 0.3) is 5.91 Å². The zero-order valence-corrected chi connectivity index (χ0v) is 12.2. The van der Waals surface area contributed by atoms with Crippen molar-refractivity contribution in [2.75, 3.05) is 7.11 Å². The molecule has 104 valence electrons. The quantitative estimate of drug-likeness (QED) is 0.864. The molecule has 5 heteroatoms. The molecule has 1 aromatic rings. The number of hydrogen-bond acceptors (Lipinski definition) is 3. The Morgan fingerprint density at radius 1 is 1.32 bits per heavy atom. The molecule has 19 heavy (non-hydrogen) atoms. The Morgan fingerprint density at radius 2 is 1.95 bits per heavy atom. The van der Waals surface area contributed by atoms with E-state index >= 15 is 0 Å². The lowest BCUT2D eigenvalue weighted by molar-refractivity contribution is -0.144. The fraction of sp³-hybridized carbons (Fsp3) is 0.429. The van der Waals surface area contributed by atoms with E-state index in [2.05, 4.69) is 10.1 Å². The van der Waals surface area contributed by atoms with Crippen molar-refractivity contribution in [3.05, 3.63) is 34.3 Å². The third kappa shape index (κ3) is 3.96. The van der Waals surface area contributed by atoms with Gasteiger partial charge in [0.05, 0.1) is 7.11 Å². The molecule has 1 amide bonds. The van der Waals surface area contributed by atoms with E-state index in [9.17, 15) is 9.59 Å². The SMILES string of the molecule is COC(=O)C(NC(=O)c1cc(Cl)ccc1C)C(C)C. The summed E-state index contributed by atoms with van der Waals surface area (Å²) in [7, 11) is 1.30. The summed E-state index contributed by atoms with van der Waals surface area (Å²) < 4.78 is 4.68. The maximum Gasteiger partial charge on any atom is 0.328 e. The number of aryl methyl sites for hydroxylation is 1. The lowest BCUT2D eigenvalue weighted by Crippen LogP contribution is -2.45. The Kier molecular flexibility index (Phi) is 5.36. The molecule has 0 saturated heterocycles. The topological polar surface area (TPSA) is 55.4 Å². The van der Waals surface area contributed by atoms with Gasteiger partial charge in [0, 0.05) is 10.6 Å². The van der Waals surface area contributed by atoms with Crippen LogP contribution in [0.3, 0.4) is 0 Å². The van der Waals surface area contributed by atoms with E-state index in [1.165, 1.54) is 7.11 Å². The van der Waals surface area contributed by atoms with Crippen LogP contribution in [0.4, 0.5) is 0 Å². The van der Waals surface area contributed by atoms with Crippen LogP contribution in [0.2, 0.25) is 5.02 Å². The standard InChI is InChI=1S/C14H18ClNO3/c1-8(2)12(14(18)19-4)16-13(17)11-7-10(15)6-5-9(11)3/h5-8,12H,1-4H3,(H,16,17). The Hall–Kier alpha value is -1.55. The smallest absolute Gasteiger partial charge is 0.328 e. The van der Waals surface area contributed by atoms with Crippen LogP contribution < -0.4 is 5.32 Å². The average Bonchev–Trinajstić information content (AvgIpc) is 2.37. The molecular formula is C14H18ClNO3. The second kappa shape index (κ2) is 6.57. The fourth-order valence-electron chi connectivity index (χ4n) is 1.68. The summed E-state index contributed by atoms with van der Waals surface area (Å²) in [5, 5.41) is 3.16. The highest BCUT2D eigenvalue weighted by atomic mass is 35.5. The van der Waals surface area contributed by atoms with Crippen LogP contribution in [0.15, 0.2) is 18.2 Å². The number of benzene rings is 1. The van der Waals surface area contributed by atoms with E-state index in [-0.39, 0.29) is 11.8 Å². The molecule has 0 aliphatic carbocycles. The van der Waals surface area contributed by atoms with Crippen LogP contribution in [0.5, 0.6) is 0 Å². The minimum Gasteiger partial charge on any atom is -0.467 e. The first kappa shape index (κ1) is 15.5. The van der Waals surface area contributed by atoms with Gasteiger partial charge >= 0.3 is 5.97 Å². The molecule has 4 nitrogen and oxygen atoms in total. The van der Waals surface area contributed by atoms with Gasteiger partial charge in [0.2, 0.25) is 0 Å². The van der Waals surface area contributed by atoms with Crippen molar-refractivity contribution < 1.29 is 14.3 Å². The number of amides is 1. The van der Waals surface area contributed by atoms with Crippen LogP contribution in [0.1, 0.15) is 29.8 Å². The zero-order chi connectivity index (χ0) is 14.6. The lowest BCUT2D eigenvalue weighted by Gasteiger charge is -2.20. The Balaban J connectivity index is 2.94. The van der Waals surface area contributed by atoms with E-state index in [1.54, 1.807) is 18.2 Å². The van der Waals surface area contributed by atoms with Gasteiger partial charge in [0.1, 0.15) is 6.04 Å². The number of carbonyl (C=O) groups excluding carboxylic acids is 2. The third-order valence-corrected chi connectivity index (χ3v) is 3.09. The molecule has 0 radical (unpaired) electrons. The highest BCUT2D eigenvalue weighted by molar-refractivity contribution is 6.31. The summed E-state index contributed by atoms with van der Waals surface area (Å²) in [5.74, 6) is -0.844. The van der Waals surface area contributed by atoms with Gasteiger partial charge < -0.3 is 10.1 Å². The van der Waals surface area contributed by atoms with Crippen LogP contribution in [-0.2, 0) is 9.53 Å². The van der Waals surface area contributed by atoms with Crippen molar-refractivity contribution in [1.29, 1.82) is 0 Å². The molecule has 0 heterocycles. The number of rotatable bonds is 4. The number of ether oxygens (including phenoxy) is 1. The van der Waals surface area contributed by atoms with Crippen LogP contribution in [0.25, 0.3) is 0 Å². The Bertz CT molecular complexity index is 486. The highest BCUT2D eigenvalue weighted by Gasteiger charge is 2.25. The summed E-state index contributed by atoms with van der Waals surface area (Å²) in [6.45, 7) is 5.49. The van der Waals surface area contributed by atoms with Crippen LogP contribution in [-0.4, -0.2) is 25.0 Å². The van der Waals surface area contributed by atoms with E-state index in [4.69, 9.17) is 11.6 Å². The van der Waals surface area contributed by atoms with Crippen molar-refractivity contribution in [3.8, 4) is 0 Å². The molecule has 0 spiro atoms. The Morgan fingerprint density at radius 3 is 2.47 bits per heavy atom. The van der Waals surface area contributed by atoms with Crippen LogP contribution >= 0.6 is 11.6 Å². The summed E-state index contributed by atoms with van der Waals surface area (Å²) in [6.07, 6.45) is 0. The summed E-state index contributed by atoms with van der Waals surface area (Å²) >= 11 is 5.88. The van der Waals surface area contributed by atoms with E-state index in [1.807, 2.05) is 20.8 Å². The van der Waals surface area contributed by atoms with Crippen molar-refractivity contribution in [1.82, 2.24) is 5.32 Å². The van der Waals surface area contributed by atoms with Gasteiger partial charge in [-0.1, -0.05) is 31.5 Å². The molecule has 0 bridgehead atoms. The Labute approximate surface area is 118 Å². The third-order valence-electron chi connectivity index (χ3n) is 2.85. The first-order chi connectivity index (χ1) is 8.86. The molecule has 1 atom stereocenters. The monoisotopic (exact) mass is 283 g/mol. The molecule has 0 fully saturated rings. The van der Waals surface area contributed by atoms with Gasteiger partial charge in [-0.15, -0.1) is 0 Å². The fourth-order valence-corrected chi connectivity index (χ4v) is 1.85. The number of carbonyl (C=O) groups is 2. The number of nitrogens with one attached hydrogen (secondary N) is 1. The molecule has 0 saturated carbocycles. The predicted octanol–water partition coefficient (Wildman–Crippen LogP) is 2.58. The van der Waals surface area contributed by atoms with Gasteiger partial charge in [-0.3, -0.25) is 4.79 Å². The van der Waals surface area contributed by atoms with Crippen molar-refractivity contribution >= 4 is 23.5 Å². The first-order valence-electron chi connectivity index (χ1n) is 6.01. The second-order valence-electron chi connectivity index (χ2n) is 4.68. The van der Waals surface area contributed by atoms with Crippen molar-refractivity contribution in [3.63, 3.8) is 0 Å². The van der Waals surface area contributed by atoms with Crippen molar-refractivity contribution in [2.45, 2.75) is 26.8 Å². The summed E-state index contributed by atoms with van der Waals surface area (Å²) in [4.78, 5) is 23.8. The van der Waals surface area contributed by atoms with E-state index < -0.39 is 12.0 Å². The molecule has 1 N–H and O–H groups in total. The molecule has 1 unspecified atom stereocenters. The largest absolute Gasteiger partial charge is 0.467 e. The highest BCUT2D eigenvalue weighted by Crippen LogP contribution is 2.16. The number of hydrogen-bond donors (Lipinski definition) is 1. The summed E-state index contributed by atoms with van der Waals surface area (Å²) in [5.41, 5.74) is 1.26. The minimum atomic E-state index is -0.670. The van der Waals surface area contributed by atoms with E-state index in [0.717, 1.165) is 5.56 Å². The average molecular weight is 284 g/mol. The molecule has 0 aliphatic heterocycles. The number of halogens is 1. The van der Waals surface area contributed by atoms with Crippen LogP contribution in [0, 0.1) is 12.8 Å². The zero-order valence-electron chi connectivity index (χ0n) is 11.5. The lowest BCUT2D eigenvalue weighted by atomic mass is 10.0. The van der Waals surface area contributed by atoms with Crippen molar-refractivity contribution in [2.24, 2.45) is 5.92 Å². The minimum absolute atomic E-state index is 0.0594. The molecule has 0 aromatic heterocycles. The number of esters is 1. The predicted molar refractivity (Wildman–Crippen MR) is 74.3 cm³/mol. The second-order valence-corrected chi connectivity index (χ2v) is 5.11. The normalized spacial score (nSPS) is 12.1.